The van der Waals surface area contributed by atoms with Crippen LogP contribution in [0.2, 0.25) is 0 Å². The molecule has 0 saturated carbocycles. The highest BCUT2D eigenvalue weighted by molar-refractivity contribution is 5.14. The van der Waals surface area contributed by atoms with Gasteiger partial charge in [0.15, 0.2) is 0 Å². The van der Waals surface area contributed by atoms with Gasteiger partial charge in [-0.25, -0.2) is 0 Å². The Hall–Kier alpha value is -1.07. The van der Waals surface area contributed by atoms with Crippen molar-refractivity contribution in [2.75, 3.05) is 13.1 Å². The lowest BCUT2D eigenvalue weighted by Gasteiger charge is -2.18. The van der Waals surface area contributed by atoms with Crippen LogP contribution >= 0.6 is 0 Å². The molecule has 2 rings (SSSR count). The zero-order chi connectivity index (χ0) is 12.5. The van der Waals surface area contributed by atoms with Gasteiger partial charge in [-0.15, -0.1) is 0 Å². The first-order chi connectivity index (χ1) is 7.97. The molecular formula is C12H15F3N2. The third-order valence-electron chi connectivity index (χ3n) is 3.11. The Morgan fingerprint density at radius 3 is 2.35 bits per heavy atom. The minimum atomic E-state index is -4.19. The number of hydrogen-bond acceptors (Lipinski definition) is 2. The Labute approximate surface area is 98.2 Å². The molecule has 17 heavy (non-hydrogen) atoms. The van der Waals surface area contributed by atoms with E-state index in [1.807, 2.05) is 30.3 Å². The van der Waals surface area contributed by atoms with Crippen molar-refractivity contribution in [3.8, 4) is 0 Å². The fourth-order valence-electron chi connectivity index (χ4n) is 2.23. The predicted molar refractivity (Wildman–Crippen MR) is 59.2 cm³/mol. The molecule has 0 radical (unpaired) electrons. The second-order valence-corrected chi connectivity index (χ2v) is 4.49. The monoisotopic (exact) mass is 244 g/mol. The topological polar surface area (TPSA) is 29.3 Å². The fraction of sp³-hybridized carbons (Fsp3) is 0.500. The number of nitrogens with two attached hydrogens (primary N) is 1. The van der Waals surface area contributed by atoms with Crippen molar-refractivity contribution in [3.05, 3.63) is 35.9 Å². The molecule has 1 fully saturated rings. The number of nitrogens with zero attached hydrogens (tertiary/aromatic N) is 1. The normalized spacial score (nSPS) is 26.4. The van der Waals surface area contributed by atoms with E-state index in [1.54, 1.807) is 4.90 Å². The van der Waals surface area contributed by atoms with Crippen LogP contribution in [0.4, 0.5) is 13.2 Å². The summed E-state index contributed by atoms with van der Waals surface area (Å²) in [6.07, 6.45) is -4.19. The van der Waals surface area contributed by atoms with Crippen LogP contribution in [0.5, 0.6) is 0 Å². The van der Waals surface area contributed by atoms with Gasteiger partial charge >= 0.3 is 6.18 Å². The van der Waals surface area contributed by atoms with E-state index in [0.717, 1.165) is 5.56 Å². The number of hydrogen-bond donors (Lipinski definition) is 1. The highest BCUT2D eigenvalue weighted by Crippen LogP contribution is 2.33. The predicted octanol–water partition coefficient (Wildman–Crippen LogP) is 2.01. The second kappa shape index (κ2) is 4.66. The Morgan fingerprint density at radius 2 is 1.82 bits per heavy atom. The Balaban J connectivity index is 1.98. The molecule has 0 aliphatic carbocycles. The standard InChI is InChI=1S/C12H15F3N2/c13-12(14,15)10-7-17(8-11(10)16)6-9-4-2-1-3-5-9/h1-5,10-11H,6-8,16H2. The first-order valence-electron chi connectivity index (χ1n) is 5.55. The Bertz CT molecular complexity index is 364. The van der Waals surface area contributed by atoms with Crippen molar-refractivity contribution in [2.45, 2.75) is 18.8 Å². The summed E-state index contributed by atoms with van der Waals surface area (Å²) >= 11 is 0. The van der Waals surface area contributed by atoms with Gasteiger partial charge in [0, 0.05) is 25.7 Å². The second-order valence-electron chi connectivity index (χ2n) is 4.49. The summed E-state index contributed by atoms with van der Waals surface area (Å²) in [5.74, 6) is -1.40. The minimum absolute atomic E-state index is 0.000436. The maximum Gasteiger partial charge on any atom is 0.394 e. The van der Waals surface area contributed by atoms with Gasteiger partial charge in [0.2, 0.25) is 0 Å². The van der Waals surface area contributed by atoms with Crippen LogP contribution in [0.15, 0.2) is 30.3 Å². The average molecular weight is 244 g/mol. The number of likely N-dealkylation sites (tertiary alicyclic amines) is 1. The zero-order valence-electron chi connectivity index (χ0n) is 9.32. The van der Waals surface area contributed by atoms with Crippen molar-refractivity contribution < 1.29 is 13.2 Å². The Kier molecular flexibility index (Phi) is 3.40. The van der Waals surface area contributed by atoms with Crippen LogP contribution in [-0.2, 0) is 6.54 Å². The van der Waals surface area contributed by atoms with E-state index in [-0.39, 0.29) is 6.54 Å². The molecule has 1 aliphatic heterocycles. The van der Waals surface area contributed by atoms with Gasteiger partial charge in [-0.05, 0) is 5.56 Å². The lowest BCUT2D eigenvalue weighted by molar-refractivity contribution is -0.173. The van der Waals surface area contributed by atoms with Gasteiger partial charge in [-0.3, -0.25) is 4.90 Å². The molecule has 0 spiro atoms. The molecule has 0 amide bonds. The zero-order valence-corrected chi connectivity index (χ0v) is 9.32. The average Bonchev–Trinajstić information content (AvgIpc) is 2.60. The molecule has 2 atom stereocenters. The van der Waals surface area contributed by atoms with Crippen LogP contribution in [0.3, 0.4) is 0 Å². The van der Waals surface area contributed by atoms with E-state index in [1.165, 1.54) is 0 Å². The van der Waals surface area contributed by atoms with Gasteiger partial charge in [0.1, 0.15) is 0 Å². The van der Waals surface area contributed by atoms with Crippen LogP contribution in [0.25, 0.3) is 0 Å². The van der Waals surface area contributed by atoms with E-state index in [0.29, 0.717) is 13.1 Å². The molecule has 2 unspecified atom stereocenters. The highest BCUT2D eigenvalue weighted by atomic mass is 19.4. The van der Waals surface area contributed by atoms with Crippen LogP contribution in [0.1, 0.15) is 5.56 Å². The molecule has 1 aromatic rings. The summed E-state index contributed by atoms with van der Waals surface area (Å²) in [5.41, 5.74) is 6.56. The molecule has 5 heteroatoms. The SMILES string of the molecule is NC1CN(Cc2ccccc2)CC1C(F)(F)F. The van der Waals surface area contributed by atoms with Crippen LogP contribution < -0.4 is 5.73 Å². The first-order valence-corrected chi connectivity index (χ1v) is 5.55. The summed E-state index contributed by atoms with van der Waals surface area (Å²) < 4.78 is 37.8. The molecule has 94 valence electrons. The molecular weight excluding hydrogens is 229 g/mol. The highest BCUT2D eigenvalue weighted by Gasteiger charge is 2.48. The lowest BCUT2D eigenvalue weighted by atomic mass is 10.0. The first kappa shape index (κ1) is 12.4. The largest absolute Gasteiger partial charge is 0.394 e. The molecule has 1 aliphatic rings. The minimum Gasteiger partial charge on any atom is -0.326 e. The van der Waals surface area contributed by atoms with E-state index in [9.17, 15) is 13.2 Å². The molecule has 2 N–H and O–H groups in total. The Morgan fingerprint density at radius 1 is 1.18 bits per heavy atom. The summed E-state index contributed by atoms with van der Waals surface area (Å²) in [6.45, 7) is 0.833. The van der Waals surface area contributed by atoms with Crippen LogP contribution in [0, 0.1) is 5.92 Å². The van der Waals surface area contributed by atoms with Crippen molar-refractivity contribution >= 4 is 0 Å². The van der Waals surface area contributed by atoms with Crippen molar-refractivity contribution in [1.29, 1.82) is 0 Å². The van der Waals surface area contributed by atoms with E-state index in [4.69, 9.17) is 5.73 Å². The number of alkyl halides is 3. The molecule has 1 saturated heterocycles. The van der Waals surface area contributed by atoms with E-state index in [2.05, 4.69) is 0 Å². The van der Waals surface area contributed by atoms with Gasteiger partial charge in [-0.1, -0.05) is 30.3 Å². The smallest absolute Gasteiger partial charge is 0.326 e. The van der Waals surface area contributed by atoms with E-state index >= 15 is 0 Å². The number of halogens is 3. The molecule has 1 heterocycles. The van der Waals surface area contributed by atoms with E-state index < -0.39 is 18.1 Å². The number of rotatable bonds is 2. The third kappa shape index (κ3) is 2.98. The molecule has 1 aromatic carbocycles. The summed E-state index contributed by atoms with van der Waals surface area (Å²) in [7, 11) is 0. The van der Waals surface area contributed by atoms with Crippen molar-refractivity contribution in [2.24, 2.45) is 11.7 Å². The quantitative estimate of drug-likeness (QED) is 0.862. The number of benzene rings is 1. The third-order valence-corrected chi connectivity index (χ3v) is 3.11. The summed E-state index contributed by atoms with van der Waals surface area (Å²) in [6, 6.07) is 8.66. The molecule has 0 bridgehead atoms. The van der Waals surface area contributed by atoms with Gasteiger partial charge in [0.25, 0.3) is 0 Å². The van der Waals surface area contributed by atoms with Gasteiger partial charge in [-0.2, -0.15) is 13.2 Å². The van der Waals surface area contributed by atoms with Gasteiger partial charge in [0.05, 0.1) is 5.92 Å². The van der Waals surface area contributed by atoms with Crippen molar-refractivity contribution in [3.63, 3.8) is 0 Å². The summed E-state index contributed by atoms with van der Waals surface area (Å²) in [4.78, 5) is 1.76. The summed E-state index contributed by atoms with van der Waals surface area (Å²) in [5, 5.41) is 0. The maximum absolute atomic E-state index is 12.6. The maximum atomic E-state index is 12.6. The lowest BCUT2D eigenvalue weighted by Crippen LogP contribution is -2.38. The van der Waals surface area contributed by atoms with Crippen LogP contribution in [-0.4, -0.2) is 30.2 Å². The molecule has 0 aromatic heterocycles. The fourth-order valence-corrected chi connectivity index (χ4v) is 2.23. The van der Waals surface area contributed by atoms with Crippen molar-refractivity contribution in [1.82, 2.24) is 4.90 Å². The van der Waals surface area contributed by atoms with Gasteiger partial charge < -0.3 is 5.73 Å². The molecule has 2 nitrogen and oxygen atoms in total.